The number of aromatic nitrogens is 1. The third-order valence-corrected chi connectivity index (χ3v) is 7.60. The highest BCUT2D eigenvalue weighted by atomic mass is 35.5. The first-order chi connectivity index (χ1) is 17.0. The summed E-state index contributed by atoms with van der Waals surface area (Å²) in [6.45, 7) is 3.49. The zero-order valence-corrected chi connectivity index (χ0v) is 20.6. The Kier molecular flexibility index (Phi) is 6.62. The van der Waals surface area contributed by atoms with Crippen LogP contribution in [0.15, 0.2) is 41.8 Å². The summed E-state index contributed by atoms with van der Waals surface area (Å²) in [6.07, 6.45) is 1.36. The van der Waals surface area contributed by atoms with E-state index in [1.807, 2.05) is 13.0 Å². The van der Waals surface area contributed by atoms with Crippen molar-refractivity contribution in [2.75, 3.05) is 31.3 Å². The third-order valence-electron chi connectivity index (χ3n) is 6.28. The molecule has 0 N–H and O–H groups in total. The molecule has 182 valence electrons. The van der Waals surface area contributed by atoms with Crippen molar-refractivity contribution in [1.82, 2.24) is 9.88 Å². The maximum atomic E-state index is 14.2. The van der Waals surface area contributed by atoms with Crippen molar-refractivity contribution in [2.45, 2.75) is 25.7 Å². The molecule has 0 unspecified atom stereocenters. The number of rotatable bonds is 5. The summed E-state index contributed by atoms with van der Waals surface area (Å²) in [5, 5.41) is 2.76. The zero-order chi connectivity index (χ0) is 24.5. The van der Waals surface area contributed by atoms with E-state index < -0.39 is 11.7 Å². The number of carbonyl (C=O) groups excluding carboxylic acids is 2. The summed E-state index contributed by atoms with van der Waals surface area (Å²) in [5.41, 5.74) is 1.02. The van der Waals surface area contributed by atoms with E-state index >= 15 is 0 Å². The standard InChI is InChI=1S/C25H23ClFN3O4S/c1-2-30(16-6-7-20-21(12-16)34-14-33-20)24(31)19-13-35-23(28-19)15-8-10-29(11-9-15)25(32)22-17(26)4-3-5-18(22)27/h3-7,12-13,15H,2,8-11,14H2,1H3. The number of hydrogen-bond donors (Lipinski definition) is 0. The van der Waals surface area contributed by atoms with Gasteiger partial charge in [-0.3, -0.25) is 9.59 Å². The number of hydrogen-bond acceptors (Lipinski definition) is 6. The molecule has 2 amide bonds. The van der Waals surface area contributed by atoms with Gasteiger partial charge in [-0.1, -0.05) is 17.7 Å². The molecule has 2 aliphatic rings. The Bertz CT molecular complexity index is 1260. The van der Waals surface area contributed by atoms with Gasteiger partial charge in [-0.2, -0.15) is 0 Å². The number of piperidine rings is 1. The van der Waals surface area contributed by atoms with Crippen molar-refractivity contribution in [2.24, 2.45) is 0 Å². The van der Waals surface area contributed by atoms with Crippen LogP contribution in [0.3, 0.4) is 0 Å². The van der Waals surface area contributed by atoms with Crippen molar-refractivity contribution in [3.63, 3.8) is 0 Å². The average Bonchev–Trinajstić information content (AvgIpc) is 3.54. The summed E-state index contributed by atoms with van der Waals surface area (Å²) in [4.78, 5) is 34.0. The maximum Gasteiger partial charge on any atom is 0.277 e. The van der Waals surface area contributed by atoms with E-state index in [-0.39, 0.29) is 29.2 Å². The number of benzene rings is 2. The molecule has 5 rings (SSSR count). The van der Waals surface area contributed by atoms with Crippen molar-refractivity contribution in [3.8, 4) is 11.5 Å². The minimum atomic E-state index is -0.615. The summed E-state index contributed by atoms with van der Waals surface area (Å²) >= 11 is 7.52. The van der Waals surface area contributed by atoms with Crippen LogP contribution in [0.1, 0.15) is 51.5 Å². The number of amides is 2. The topological polar surface area (TPSA) is 72.0 Å². The van der Waals surface area contributed by atoms with Gasteiger partial charge < -0.3 is 19.3 Å². The third kappa shape index (κ3) is 4.58. The molecular weight excluding hydrogens is 493 g/mol. The predicted octanol–water partition coefficient (Wildman–Crippen LogP) is 5.35. The Morgan fingerprint density at radius 3 is 2.71 bits per heavy atom. The second-order valence-electron chi connectivity index (χ2n) is 8.32. The van der Waals surface area contributed by atoms with Crippen molar-refractivity contribution >= 4 is 40.4 Å². The second kappa shape index (κ2) is 9.83. The first-order valence-electron chi connectivity index (χ1n) is 11.4. The molecule has 1 aromatic heterocycles. The molecule has 35 heavy (non-hydrogen) atoms. The van der Waals surface area contributed by atoms with Gasteiger partial charge in [0.15, 0.2) is 11.5 Å². The molecule has 0 bridgehead atoms. The van der Waals surface area contributed by atoms with E-state index in [9.17, 15) is 14.0 Å². The predicted molar refractivity (Wildman–Crippen MR) is 131 cm³/mol. The number of nitrogens with zero attached hydrogens (tertiary/aromatic N) is 3. The Morgan fingerprint density at radius 1 is 1.20 bits per heavy atom. The van der Waals surface area contributed by atoms with Gasteiger partial charge >= 0.3 is 0 Å². The van der Waals surface area contributed by atoms with E-state index in [1.54, 1.807) is 27.3 Å². The van der Waals surface area contributed by atoms with Gasteiger partial charge in [0, 0.05) is 42.7 Å². The van der Waals surface area contributed by atoms with Crippen LogP contribution in [0.25, 0.3) is 0 Å². The van der Waals surface area contributed by atoms with E-state index in [4.69, 9.17) is 21.1 Å². The fourth-order valence-corrected chi connectivity index (χ4v) is 5.61. The van der Waals surface area contributed by atoms with Crippen LogP contribution in [0.2, 0.25) is 5.02 Å². The Hall–Kier alpha value is -3.17. The first-order valence-corrected chi connectivity index (χ1v) is 12.6. The minimum Gasteiger partial charge on any atom is -0.454 e. The number of halogens is 2. The quantitative estimate of drug-likeness (QED) is 0.458. The van der Waals surface area contributed by atoms with Gasteiger partial charge in [0.2, 0.25) is 6.79 Å². The Labute approximate surface area is 211 Å². The summed E-state index contributed by atoms with van der Waals surface area (Å²) < 4.78 is 25.0. The maximum absolute atomic E-state index is 14.2. The van der Waals surface area contributed by atoms with Gasteiger partial charge in [-0.25, -0.2) is 9.37 Å². The largest absolute Gasteiger partial charge is 0.454 e. The second-order valence-corrected chi connectivity index (χ2v) is 9.62. The lowest BCUT2D eigenvalue weighted by molar-refractivity contribution is 0.0708. The molecule has 10 heteroatoms. The molecule has 1 saturated heterocycles. The van der Waals surface area contributed by atoms with Gasteiger partial charge in [0.25, 0.3) is 11.8 Å². The fourth-order valence-electron chi connectivity index (χ4n) is 4.40. The lowest BCUT2D eigenvalue weighted by Gasteiger charge is -2.31. The van der Waals surface area contributed by atoms with Crippen LogP contribution in [0.4, 0.5) is 10.1 Å². The molecule has 2 aliphatic heterocycles. The number of anilines is 1. The zero-order valence-electron chi connectivity index (χ0n) is 19.0. The summed E-state index contributed by atoms with van der Waals surface area (Å²) in [5.74, 6) is 0.207. The first kappa shape index (κ1) is 23.6. The summed E-state index contributed by atoms with van der Waals surface area (Å²) in [7, 11) is 0. The van der Waals surface area contributed by atoms with Crippen LogP contribution < -0.4 is 14.4 Å². The molecule has 0 spiro atoms. The highest BCUT2D eigenvalue weighted by molar-refractivity contribution is 7.10. The lowest BCUT2D eigenvalue weighted by Crippen LogP contribution is -2.38. The normalized spacial score (nSPS) is 15.3. The van der Waals surface area contributed by atoms with Crippen molar-refractivity contribution < 1.29 is 23.5 Å². The molecule has 0 atom stereocenters. The van der Waals surface area contributed by atoms with Gasteiger partial charge in [-0.05, 0) is 44.0 Å². The monoisotopic (exact) mass is 515 g/mol. The van der Waals surface area contributed by atoms with Gasteiger partial charge in [0.05, 0.1) is 15.6 Å². The van der Waals surface area contributed by atoms with Crippen LogP contribution >= 0.6 is 22.9 Å². The number of ether oxygens (including phenoxy) is 2. The lowest BCUT2D eigenvalue weighted by atomic mass is 9.97. The van der Waals surface area contributed by atoms with Crippen LogP contribution in [0, 0.1) is 5.82 Å². The highest BCUT2D eigenvalue weighted by Gasteiger charge is 2.30. The van der Waals surface area contributed by atoms with Crippen LogP contribution in [0.5, 0.6) is 11.5 Å². The molecule has 0 radical (unpaired) electrons. The van der Waals surface area contributed by atoms with Crippen molar-refractivity contribution in [1.29, 1.82) is 0 Å². The van der Waals surface area contributed by atoms with E-state index in [0.717, 1.165) is 10.7 Å². The molecular formula is C25H23ClFN3O4S. The number of fused-ring (bicyclic) bond motifs is 1. The molecule has 2 aromatic carbocycles. The molecule has 3 aromatic rings. The van der Waals surface area contributed by atoms with E-state index in [0.29, 0.717) is 49.7 Å². The highest BCUT2D eigenvalue weighted by Crippen LogP contribution is 2.36. The van der Waals surface area contributed by atoms with Gasteiger partial charge in [-0.15, -0.1) is 11.3 Å². The Morgan fingerprint density at radius 2 is 1.97 bits per heavy atom. The van der Waals surface area contributed by atoms with E-state index in [1.165, 1.54) is 29.5 Å². The molecule has 1 fully saturated rings. The van der Waals surface area contributed by atoms with Crippen LogP contribution in [-0.4, -0.2) is 48.1 Å². The molecule has 7 nitrogen and oxygen atoms in total. The number of likely N-dealkylation sites (tertiary alicyclic amines) is 1. The smallest absolute Gasteiger partial charge is 0.277 e. The molecule has 0 saturated carbocycles. The Balaban J connectivity index is 1.25. The fraction of sp³-hybridized carbons (Fsp3) is 0.320. The van der Waals surface area contributed by atoms with Crippen LogP contribution in [-0.2, 0) is 0 Å². The summed E-state index contributed by atoms with van der Waals surface area (Å²) in [6, 6.07) is 9.66. The number of thiazole rings is 1. The molecule has 0 aliphatic carbocycles. The number of carbonyl (C=O) groups is 2. The molecule has 3 heterocycles. The average molecular weight is 516 g/mol. The van der Waals surface area contributed by atoms with E-state index in [2.05, 4.69) is 4.98 Å². The van der Waals surface area contributed by atoms with Gasteiger partial charge in [0.1, 0.15) is 11.5 Å². The minimum absolute atomic E-state index is 0.0853. The van der Waals surface area contributed by atoms with Crippen molar-refractivity contribution in [3.05, 3.63) is 68.9 Å². The SMILES string of the molecule is CCN(C(=O)c1csc(C2CCN(C(=O)c3c(F)cccc3Cl)CC2)n1)c1ccc2c(c1)OCO2.